The molecule has 0 aliphatic rings. The first kappa shape index (κ1) is 16.5. The SMILES string of the molecule is Cc1cc(C)n(C(CNC(=O)NC(C)(C)C)c2cccs2)n1. The van der Waals surface area contributed by atoms with Gasteiger partial charge in [-0.1, -0.05) is 6.07 Å². The summed E-state index contributed by atoms with van der Waals surface area (Å²) in [7, 11) is 0. The lowest BCUT2D eigenvalue weighted by Crippen LogP contribution is -2.47. The van der Waals surface area contributed by atoms with E-state index in [1.54, 1.807) is 11.3 Å². The van der Waals surface area contributed by atoms with Gasteiger partial charge in [-0.3, -0.25) is 4.68 Å². The molecule has 120 valence electrons. The number of nitrogens with zero attached hydrogens (tertiary/aromatic N) is 2. The average Bonchev–Trinajstić information content (AvgIpc) is 2.98. The van der Waals surface area contributed by atoms with Gasteiger partial charge in [0.05, 0.1) is 5.69 Å². The molecule has 0 radical (unpaired) electrons. The minimum atomic E-state index is -0.249. The van der Waals surface area contributed by atoms with Crippen LogP contribution >= 0.6 is 11.3 Å². The molecule has 0 fully saturated rings. The fourth-order valence-corrected chi connectivity index (χ4v) is 3.14. The lowest BCUT2D eigenvalue weighted by atomic mass is 10.1. The van der Waals surface area contributed by atoms with E-state index in [2.05, 4.69) is 27.9 Å². The molecule has 1 atom stereocenters. The van der Waals surface area contributed by atoms with E-state index in [1.807, 2.05) is 50.7 Å². The topological polar surface area (TPSA) is 59.0 Å². The Kier molecular flexibility index (Phi) is 4.90. The molecule has 0 saturated carbocycles. The highest BCUT2D eigenvalue weighted by atomic mass is 32.1. The van der Waals surface area contributed by atoms with Gasteiger partial charge in [0.1, 0.15) is 6.04 Å². The zero-order valence-electron chi connectivity index (χ0n) is 13.8. The first-order valence-electron chi connectivity index (χ1n) is 7.38. The van der Waals surface area contributed by atoms with Crippen molar-refractivity contribution in [3.63, 3.8) is 0 Å². The van der Waals surface area contributed by atoms with Gasteiger partial charge in [-0.15, -0.1) is 11.3 Å². The van der Waals surface area contributed by atoms with E-state index in [0.29, 0.717) is 6.54 Å². The fraction of sp³-hybridized carbons (Fsp3) is 0.500. The van der Waals surface area contributed by atoms with Crippen molar-refractivity contribution in [2.24, 2.45) is 0 Å². The molecule has 2 aromatic rings. The number of aryl methyl sites for hydroxylation is 2. The largest absolute Gasteiger partial charge is 0.336 e. The number of nitrogens with one attached hydrogen (secondary N) is 2. The molecular weight excluding hydrogens is 296 g/mol. The van der Waals surface area contributed by atoms with E-state index in [0.717, 1.165) is 11.4 Å². The second-order valence-electron chi connectivity index (χ2n) is 6.49. The predicted molar refractivity (Wildman–Crippen MR) is 90.4 cm³/mol. The summed E-state index contributed by atoms with van der Waals surface area (Å²) in [6, 6.07) is 6.01. The Bertz CT molecular complexity index is 625. The van der Waals surface area contributed by atoms with Crippen molar-refractivity contribution in [1.29, 1.82) is 0 Å². The smallest absolute Gasteiger partial charge is 0.315 e. The molecule has 2 heterocycles. The molecule has 0 aliphatic heterocycles. The second-order valence-corrected chi connectivity index (χ2v) is 7.47. The predicted octanol–water partition coefficient (Wildman–Crippen LogP) is 3.25. The number of hydrogen-bond acceptors (Lipinski definition) is 3. The first-order valence-corrected chi connectivity index (χ1v) is 8.26. The van der Waals surface area contributed by atoms with Crippen LogP contribution < -0.4 is 10.6 Å². The summed E-state index contributed by atoms with van der Waals surface area (Å²) in [5.41, 5.74) is 1.83. The van der Waals surface area contributed by atoms with E-state index in [1.165, 1.54) is 4.88 Å². The van der Waals surface area contributed by atoms with Crippen LogP contribution in [0.2, 0.25) is 0 Å². The quantitative estimate of drug-likeness (QED) is 0.908. The van der Waals surface area contributed by atoms with Crippen LogP contribution in [0.5, 0.6) is 0 Å². The van der Waals surface area contributed by atoms with Crippen LogP contribution in [0.1, 0.15) is 43.1 Å². The third-order valence-electron chi connectivity index (χ3n) is 3.16. The number of carbonyl (C=O) groups is 1. The van der Waals surface area contributed by atoms with E-state index in [9.17, 15) is 4.79 Å². The molecule has 1 unspecified atom stereocenters. The summed E-state index contributed by atoms with van der Waals surface area (Å²) in [6.07, 6.45) is 0. The third-order valence-corrected chi connectivity index (χ3v) is 4.13. The number of hydrogen-bond donors (Lipinski definition) is 2. The van der Waals surface area contributed by atoms with Gasteiger partial charge in [0.15, 0.2) is 0 Å². The van der Waals surface area contributed by atoms with Gasteiger partial charge >= 0.3 is 6.03 Å². The molecule has 2 amide bonds. The molecule has 2 aromatic heterocycles. The number of aromatic nitrogens is 2. The average molecular weight is 320 g/mol. The van der Waals surface area contributed by atoms with Crippen LogP contribution in [-0.4, -0.2) is 27.9 Å². The molecule has 0 spiro atoms. The molecule has 2 rings (SSSR count). The highest BCUT2D eigenvalue weighted by Gasteiger charge is 2.20. The Morgan fingerprint density at radius 2 is 2.14 bits per heavy atom. The van der Waals surface area contributed by atoms with Crippen molar-refractivity contribution in [2.45, 2.75) is 46.2 Å². The van der Waals surface area contributed by atoms with Crippen molar-refractivity contribution >= 4 is 17.4 Å². The molecule has 0 aromatic carbocycles. The number of carbonyl (C=O) groups excluding carboxylic acids is 1. The van der Waals surface area contributed by atoms with Gasteiger partial charge < -0.3 is 10.6 Å². The second kappa shape index (κ2) is 6.52. The van der Waals surface area contributed by atoms with Crippen LogP contribution in [0.4, 0.5) is 4.79 Å². The molecule has 2 N–H and O–H groups in total. The Labute approximate surface area is 135 Å². The maximum atomic E-state index is 12.0. The fourth-order valence-electron chi connectivity index (χ4n) is 2.32. The van der Waals surface area contributed by atoms with Crippen molar-refractivity contribution in [3.05, 3.63) is 39.8 Å². The monoisotopic (exact) mass is 320 g/mol. The zero-order chi connectivity index (χ0) is 16.3. The van der Waals surface area contributed by atoms with Crippen LogP contribution in [0.25, 0.3) is 0 Å². The normalized spacial score (nSPS) is 13.0. The third kappa shape index (κ3) is 4.34. The molecule has 5 nitrogen and oxygen atoms in total. The van der Waals surface area contributed by atoms with Crippen LogP contribution in [0, 0.1) is 13.8 Å². The Hall–Kier alpha value is -1.82. The molecule has 0 aliphatic carbocycles. The maximum absolute atomic E-state index is 12.0. The van der Waals surface area contributed by atoms with E-state index in [4.69, 9.17) is 0 Å². The number of urea groups is 1. The Morgan fingerprint density at radius 3 is 2.64 bits per heavy atom. The summed E-state index contributed by atoms with van der Waals surface area (Å²) in [5, 5.41) is 12.5. The minimum Gasteiger partial charge on any atom is -0.336 e. The molecule has 6 heteroatoms. The van der Waals surface area contributed by atoms with Gasteiger partial charge in [0.2, 0.25) is 0 Å². The van der Waals surface area contributed by atoms with Gasteiger partial charge in [-0.2, -0.15) is 5.10 Å². The van der Waals surface area contributed by atoms with Gasteiger partial charge in [-0.25, -0.2) is 4.79 Å². The van der Waals surface area contributed by atoms with Crippen molar-refractivity contribution < 1.29 is 4.79 Å². The lowest BCUT2D eigenvalue weighted by molar-refractivity contribution is 0.230. The van der Waals surface area contributed by atoms with Gasteiger partial charge in [0, 0.05) is 22.7 Å². The Morgan fingerprint density at radius 1 is 1.41 bits per heavy atom. The highest BCUT2D eigenvalue weighted by molar-refractivity contribution is 7.10. The number of rotatable bonds is 4. The minimum absolute atomic E-state index is 0.0134. The molecule has 0 saturated heterocycles. The van der Waals surface area contributed by atoms with E-state index in [-0.39, 0.29) is 17.6 Å². The zero-order valence-corrected chi connectivity index (χ0v) is 14.6. The number of thiophene rings is 1. The first-order chi connectivity index (χ1) is 10.3. The maximum Gasteiger partial charge on any atom is 0.315 e. The summed E-state index contributed by atoms with van der Waals surface area (Å²) in [6.45, 7) is 10.4. The van der Waals surface area contributed by atoms with E-state index < -0.39 is 0 Å². The van der Waals surface area contributed by atoms with Crippen molar-refractivity contribution in [3.8, 4) is 0 Å². The lowest BCUT2D eigenvalue weighted by Gasteiger charge is -2.23. The van der Waals surface area contributed by atoms with Crippen LogP contribution in [0.15, 0.2) is 23.6 Å². The standard InChI is InChI=1S/C16H24N4OS/c1-11-9-12(2)20(19-11)13(14-7-6-8-22-14)10-17-15(21)18-16(3,4)5/h6-9,13H,10H2,1-5H3,(H2,17,18,21). The van der Waals surface area contributed by atoms with Crippen LogP contribution in [0.3, 0.4) is 0 Å². The Balaban J connectivity index is 2.14. The molecular formula is C16H24N4OS. The summed E-state index contributed by atoms with van der Waals surface area (Å²) >= 11 is 1.68. The van der Waals surface area contributed by atoms with Crippen LogP contribution in [-0.2, 0) is 0 Å². The van der Waals surface area contributed by atoms with Gasteiger partial charge in [0.25, 0.3) is 0 Å². The molecule has 0 bridgehead atoms. The van der Waals surface area contributed by atoms with E-state index >= 15 is 0 Å². The van der Waals surface area contributed by atoms with Gasteiger partial charge in [-0.05, 0) is 52.1 Å². The summed E-state index contributed by atoms with van der Waals surface area (Å²) < 4.78 is 1.98. The van der Waals surface area contributed by atoms with Crippen molar-refractivity contribution in [2.75, 3.05) is 6.54 Å². The number of amides is 2. The summed E-state index contributed by atoms with van der Waals surface area (Å²) in [4.78, 5) is 13.2. The molecule has 22 heavy (non-hydrogen) atoms. The van der Waals surface area contributed by atoms with Crippen molar-refractivity contribution in [1.82, 2.24) is 20.4 Å². The summed E-state index contributed by atoms with van der Waals surface area (Å²) in [5.74, 6) is 0. The highest BCUT2D eigenvalue weighted by Crippen LogP contribution is 2.24.